The lowest BCUT2D eigenvalue weighted by molar-refractivity contribution is -0.384. The molecule has 0 aromatic heterocycles. The highest BCUT2D eigenvalue weighted by molar-refractivity contribution is 6.08. The molecule has 3 aromatic rings. The van der Waals surface area contributed by atoms with Crippen molar-refractivity contribution in [2.75, 3.05) is 17.7 Å². The van der Waals surface area contributed by atoms with Crippen LogP contribution in [0.15, 0.2) is 72.8 Å². The first-order chi connectivity index (χ1) is 14.5. The van der Waals surface area contributed by atoms with Gasteiger partial charge in [0, 0.05) is 30.1 Å². The summed E-state index contributed by atoms with van der Waals surface area (Å²) in [6, 6.07) is 19.8. The number of carbonyl (C=O) groups is 2. The van der Waals surface area contributed by atoms with Crippen LogP contribution in [0.5, 0.6) is 0 Å². The van der Waals surface area contributed by atoms with Crippen molar-refractivity contribution in [2.24, 2.45) is 0 Å². The molecule has 0 atom stereocenters. The number of hydrogen-bond acceptors (Lipinski definition) is 6. The van der Waals surface area contributed by atoms with Gasteiger partial charge in [0.05, 0.1) is 23.2 Å². The van der Waals surface area contributed by atoms with Crippen LogP contribution in [0.25, 0.3) is 0 Å². The predicted octanol–water partition coefficient (Wildman–Crippen LogP) is 4.25. The lowest BCUT2D eigenvalue weighted by Gasteiger charge is -2.13. The lowest BCUT2D eigenvalue weighted by atomic mass is 10.1. The van der Waals surface area contributed by atoms with E-state index in [1.165, 1.54) is 37.4 Å². The normalized spacial score (nSPS) is 10.2. The Morgan fingerprint density at radius 2 is 1.70 bits per heavy atom. The highest BCUT2D eigenvalue weighted by atomic mass is 16.6. The second-order valence-electron chi connectivity index (χ2n) is 6.35. The molecule has 0 radical (unpaired) electrons. The zero-order valence-electron chi connectivity index (χ0n) is 16.1. The van der Waals surface area contributed by atoms with Crippen molar-refractivity contribution in [1.82, 2.24) is 0 Å². The molecule has 0 saturated heterocycles. The predicted molar refractivity (Wildman–Crippen MR) is 113 cm³/mol. The number of amides is 1. The van der Waals surface area contributed by atoms with Crippen LogP contribution in [-0.2, 0) is 11.3 Å². The molecule has 30 heavy (non-hydrogen) atoms. The third-order valence-corrected chi connectivity index (χ3v) is 4.35. The Balaban J connectivity index is 1.82. The molecule has 0 aliphatic rings. The number of non-ortho nitro benzene ring substituents is 1. The van der Waals surface area contributed by atoms with E-state index in [0.29, 0.717) is 23.5 Å². The molecule has 0 spiro atoms. The minimum atomic E-state index is -0.553. The van der Waals surface area contributed by atoms with Crippen molar-refractivity contribution >= 4 is 28.9 Å². The van der Waals surface area contributed by atoms with Crippen molar-refractivity contribution in [3.63, 3.8) is 0 Å². The van der Waals surface area contributed by atoms with E-state index >= 15 is 0 Å². The summed E-state index contributed by atoms with van der Waals surface area (Å²) in [7, 11) is 1.28. The average Bonchev–Trinajstić information content (AvgIpc) is 2.78. The number of nitro groups is 1. The van der Waals surface area contributed by atoms with Gasteiger partial charge in [-0.1, -0.05) is 30.3 Å². The van der Waals surface area contributed by atoms with Gasteiger partial charge in [0.1, 0.15) is 0 Å². The van der Waals surface area contributed by atoms with Crippen LogP contribution in [0.4, 0.5) is 17.1 Å². The van der Waals surface area contributed by atoms with E-state index in [9.17, 15) is 19.7 Å². The molecule has 0 bridgehead atoms. The number of anilines is 2. The fourth-order valence-corrected chi connectivity index (χ4v) is 2.79. The number of carbonyl (C=O) groups excluding carboxylic acids is 2. The molecule has 0 saturated carbocycles. The summed E-state index contributed by atoms with van der Waals surface area (Å²) in [6.45, 7) is 0.451. The van der Waals surface area contributed by atoms with Crippen LogP contribution >= 0.6 is 0 Å². The number of methoxy groups -OCH3 is 1. The SMILES string of the molecule is COC(=O)c1ccc(NC(=O)c2cc([N+](=O)[O-])ccc2NCc2ccccc2)cc1. The van der Waals surface area contributed by atoms with Gasteiger partial charge in [0.15, 0.2) is 0 Å². The summed E-state index contributed by atoms with van der Waals surface area (Å²) in [6.07, 6.45) is 0. The number of nitrogens with one attached hydrogen (secondary N) is 2. The highest BCUT2D eigenvalue weighted by Crippen LogP contribution is 2.24. The van der Waals surface area contributed by atoms with Crippen LogP contribution in [0.1, 0.15) is 26.3 Å². The summed E-state index contributed by atoms with van der Waals surface area (Å²) in [5, 5.41) is 17.0. The molecular formula is C22H19N3O5. The molecule has 0 heterocycles. The fraction of sp³-hybridized carbons (Fsp3) is 0.0909. The minimum Gasteiger partial charge on any atom is -0.465 e. The number of hydrogen-bond donors (Lipinski definition) is 2. The molecule has 0 fully saturated rings. The van der Waals surface area contributed by atoms with Gasteiger partial charge < -0.3 is 15.4 Å². The summed E-state index contributed by atoms with van der Waals surface area (Å²) in [5.41, 5.74) is 2.20. The first-order valence-corrected chi connectivity index (χ1v) is 9.04. The maximum atomic E-state index is 12.8. The molecule has 3 rings (SSSR count). The van der Waals surface area contributed by atoms with Gasteiger partial charge in [-0.15, -0.1) is 0 Å². The van der Waals surface area contributed by atoms with Crippen LogP contribution in [-0.4, -0.2) is 23.9 Å². The summed E-state index contributed by atoms with van der Waals surface area (Å²) in [4.78, 5) is 35.0. The number of nitro benzene ring substituents is 1. The summed E-state index contributed by atoms with van der Waals surface area (Å²) < 4.78 is 4.64. The molecule has 2 N–H and O–H groups in total. The van der Waals surface area contributed by atoms with E-state index in [0.717, 1.165) is 5.56 Å². The van der Waals surface area contributed by atoms with Crippen molar-refractivity contribution < 1.29 is 19.2 Å². The molecule has 0 unspecified atom stereocenters. The zero-order chi connectivity index (χ0) is 21.5. The van der Waals surface area contributed by atoms with E-state index in [1.807, 2.05) is 30.3 Å². The van der Waals surface area contributed by atoms with Gasteiger partial charge in [-0.3, -0.25) is 14.9 Å². The van der Waals surface area contributed by atoms with Gasteiger partial charge in [-0.2, -0.15) is 0 Å². The largest absolute Gasteiger partial charge is 0.465 e. The Morgan fingerprint density at radius 3 is 2.33 bits per heavy atom. The third kappa shape index (κ3) is 4.99. The van der Waals surface area contributed by atoms with Gasteiger partial charge in [0.2, 0.25) is 0 Å². The summed E-state index contributed by atoms with van der Waals surface area (Å²) >= 11 is 0. The molecule has 0 aliphatic heterocycles. The maximum Gasteiger partial charge on any atom is 0.337 e. The van der Waals surface area contributed by atoms with Gasteiger partial charge in [-0.25, -0.2) is 4.79 Å². The van der Waals surface area contributed by atoms with Gasteiger partial charge >= 0.3 is 5.97 Å². The van der Waals surface area contributed by atoms with Crippen molar-refractivity contribution in [1.29, 1.82) is 0 Å². The number of nitrogens with zero attached hydrogens (tertiary/aromatic N) is 1. The Bertz CT molecular complexity index is 1070. The first-order valence-electron chi connectivity index (χ1n) is 9.04. The van der Waals surface area contributed by atoms with E-state index in [2.05, 4.69) is 15.4 Å². The van der Waals surface area contributed by atoms with Crippen molar-refractivity contribution in [3.05, 3.63) is 99.6 Å². The Hall–Kier alpha value is -4.20. The number of ether oxygens (including phenoxy) is 1. The molecule has 3 aromatic carbocycles. The zero-order valence-corrected chi connectivity index (χ0v) is 16.1. The third-order valence-electron chi connectivity index (χ3n) is 4.35. The van der Waals surface area contributed by atoms with E-state index in [1.54, 1.807) is 12.1 Å². The quantitative estimate of drug-likeness (QED) is 0.345. The average molecular weight is 405 g/mol. The molecule has 0 aliphatic carbocycles. The first kappa shape index (κ1) is 20.5. The van der Waals surface area contributed by atoms with Crippen LogP contribution < -0.4 is 10.6 Å². The number of esters is 1. The standard InChI is InChI=1S/C22H19N3O5/c1-30-22(27)16-7-9-17(10-8-16)24-21(26)19-13-18(25(28)29)11-12-20(19)23-14-15-5-3-2-4-6-15/h2-13,23H,14H2,1H3,(H,24,26). The van der Waals surface area contributed by atoms with Crippen molar-refractivity contribution in [3.8, 4) is 0 Å². The molecular weight excluding hydrogens is 386 g/mol. The number of rotatable bonds is 7. The maximum absolute atomic E-state index is 12.8. The number of benzene rings is 3. The van der Waals surface area contributed by atoms with Gasteiger partial charge in [0.25, 0.3) is 11.6 Å². The second-order valence-corrected chi connectivity index (χ2v) is 6.35. The van der Waals surface area contributed by atoms with Crippen molar-refractivity contribution in [2.45, 2.75) is 6.54 Å². The second kappa shape index (κ2) is 9.33. The fourth-order valence-electron chi connectivity index (χ4n) is 2.79. The Morgan fingerprint density at radius 1 is 1.00 bits per heavy atom. The topological polar surface area (TPSA) is 111 Å². The minimum absolute atomic E-state index is 0.136. The van der Waals surface area contributed by atoms with Crippen LogP contribution in [0.3, 0.4) is 0 Å². The van der Waals surface area contributed by atoms with E-state index in [-0.39, 0.29) is 11.3 Å². The summed E-state index contributed by atoms with van der Waals surface area (Å²) in [5.74, 6) is -1.00. The smallest absolute Gasteiger partial charge is 0.337 e. The van der Waals surface area contributed by atoms with E-state index in [4.69, 9.17) is 0 Å². The molecule has 1 amide bonds. The monoisotopic (exact) mass is 405 g/mol. The Kier molecular flexibility index (Phi) is 6.39. The molecule has 8 heteroatoms. The highest BCUT2D eigenvalue weighted by Gasteiger charge is 2.17. The van der Waals surface area contributed by atoms with E-state index < -0.39 is 16.8 Å². The van der Waals surface area contributed by atoms with Crippen LogP contribution in [0, 0.1) is 10.1 Å². The van der Waals surface area contributed by atoms with Crippen LogP contribution in [0.2, 0.25) is 0 Å². The van der Waals surface area contributed by atoms with Gasteiger partial charge in [-0.05, 0) is 35.9 Å². The Labute approximate surface area is 172 Å². The molecule has 8 nitrogen and oxygen atoms in total. The molecule has 152 valence electrons. The lowest BCUT2D eigenvalue weighted by Crippen LogP contribution is -2.15.